The van der Waals surface area contributed by atoms with Gasteiger partial charge in [-0.1, -0.05) is 18.2 Å². The Morgan fingerprint density at radius 2 is 2.28 bits per heavy atom. The van der Waals surface area contributed by atoms with Crippen LogP contribution >= 0.6 is 23.5 Å². The van der Waals surface area contributed by atoms with E-state index in [0.717, 1.165) is 23.6 Å². The number of carbonyl (C=O) groups excluding carboxylic acids is 1. The van der Waals surface area contributed by atoms with Crippen molar-refractivity contribution in [3.8, 4) is 5.75 Å². The molecule has 1 saturated heterocycles. The van der Waals surface area contributed by atoms with Crippen LogP contribution in [0.3, 0.4) is 0 Å². The summed E-state index contributed by atoms with van der Waals surface area (Å²) in [6.07, 6.45) is 2.06. The lowest BCUT2D eigenvalue weighted by atomic mass is 10.2. The maximum absolute atomic E-state index is 11.9. The van der Waals surface area contributed by atoms with Crippen LogP contribution in [-0.2, 0) is 4.79 Å². The van der Waals surface area contributed by atoms with E-state index in [1.54, 1.807) is 30.6 Å². The van der Waals surface area contributed by atoms with Crippen molar-refractivity contribution in [3.63, 3.8) is 0 Å². The van der Waals surface area contributed by atoms with Gasteiger partial charge in [-0.05, 0) is 12.3 Å². The van der Waals surface area contributed by atoms with Gasteiger partial charge in [0.05, 0.1) is 12.9 Å². The summed E-state index contributed by atoms with van der Waals surface area (Å²) in [4.78, 5) is 13.9. The first-order chi connectivity index (χ1) is 8.77. The minimum atomic E-state index is 0.0980. The normalized spacial score (nSPS) is 19.3. The number of amides is 1. The number of methoxy groups -OCH3 is 1. The van der Waals surface area contributed by atoms with Gasteiger partial charge in [-0.25, -0.2) is 0 Å². The molecular weight excluding hydrogens is 266 g/mol. The topological polar surface area (TPSA) is 29.5 Å². The predicted molar refractivity (Wildman–Crippen MR) is 78.3 cm³/mol. The second kappa shape index (κ2) is 6.38. The van der Waals surface area contributed by atoms with Gasteiger partial charge in [0, 0.05) is 17.9 Å². The second-order valence-electron chi connectivity index (χ2n) is 3.99. The maximum Gasteiger partial charge on any atom is 0.233 e. The molecule has 1 unspecified atom stereocenters. The smallest absolute Gasteiger partial charge is 0.233 e. The number of hydrogen-bond acceptors (Lipinski definition) is 4. The van der Waals surface area contributed by atoms with Crippen LogP contribution in [0.1, 0.15) is 10.9 Å². The zero-order valence-corrected chi connectivity index (χ0v) is 12.2. The van der Waals surface area contributed by atoms with E-state index in [9.17, 15) is 4.79 Å². The number of hydrogen-bond donors (Lipinski definition) is 0. The third-order valence-electron chi connectivity index (χ3n) is 2.91. The number of para-hydroxylation sites is 1. The number of nitrogens with zero attached hydrogens (tertiary/aromatic N) is 1. The zero-order valence-electron chi connectivity index (χ0n) is 10.6. The van der Waals surface area contributed by atoms with E-state index in [1.807, 2.05) is 29.2 Å². The third kappa shape index (κ3) is 2.78. The average molecular weight is 283 g/mol. The molecule has 0 aliphatic carbocycles. The van der Waals surface area contributed by atoms with Gasteiger partial charge in [0.15, 0.2) is 0 Å². The SMILES string of the molecule is COc1ccccc1C1SCC(=O)N1CCSC. The van der Waals surface area contributed by atoms with Gasteiger partial charge < -0.3 is 9.64 Å². The van der Waals surface area contributed by atoms with Crippen LogP contribution < -0.4 is 4.74 Å². The highest BCUT2D eigenvalue weighted by Gasteiger charge is 2.33. The maximum atomic E-state index is 11.9. The van der Waals surface area contributed by atoms with Gasteiger partial charge in [0.25, 0.3) is 0 Å². The summed E-state index contributed by atoms with van der Waals surface area (Å²) in [5.74, 6) is 2.62. The van der Waals surface area contributed by atoms with E-state index in [0.29, 0.717) is 5.75 Å². The summed E-state index contributed by atoms with van der Waals surface area (Å²) < 4.78 is 5.39. The van der Waals surface area contributed by atoms with E-state index in [2.05, 4.69) is 6.26 Å². The fraction of sp³-hybridized carbons (Fsp3) is 0.462. The lowest BCUT2D eigenvalue weighted by molar-refractivity contribution is -0.127. The lowest BCUT2D eigenvalue weighted by Gasteiger charge is -2.25. The van der Waals surface area contributed by atoms with Crippen molar-refractivity contribution in [1.82, 2.24) is 4.90 Å². The summed E-state index contributed by atoms with van der Waals surface area (Å²) in [5.41, 5.74) is 1.09. The molecule has 0 spiro atoms. The van der Waals surface area contributed by atoms with Crippen LogP contribution in [0.5, 0.6) is 5.75 Å². The summed E-state index contributed by atoms with van der Waals surface area (Å²) in [6, 6.07) is 7.94. The van der Waals surface area contributed by atoms with E-state index in [-0.39, 0.29) is 11.3 Å². The molecule has 0 radical (unpaired) electrons. The van der Waals surface area contributed by atoms with Gasteiger partial charge >= 0.3 is 0 Å². The molecule has 1 aromatic carbocycles. The van der Waals surface area contributed by atoms with Crippen molar-refractivity contribution in [2.45, 2.75) is 5.37 Å². The van der Waals surface area contributed by atoms with Crippen molar-refractivity contribution < 1.29 is 9.53 Å². The molecule has 3 nitrogen and oxygen atoms in total. The van der Waals surface area contributed by atoms with Gasteiger partial charge in [0.1, 0.15) is 11.1 Å². The highest BCUT2D eigenvalue weighted by atomic mass is 32.2. The molecule has 0 bridgehead atoms. The molecule has 0 saturated carbocycles. The second-order valence-corrected chi connectivity index (χ2v) is 6.04. The fourth-order valence-electron chi connectivity index (χ4n) is 2.01. The summed E-state index contributed by atoms with van der Waals surface area (Å²) in [5, 5.41) is 0.0980. The van der Waals surface area contributed by atoms with E-state index < -0.39 is 0 Å². The Balaban J connectivity index is 2.22. The largest absolute Gasteiger partial charge is 0.496 e. The third-order valence-corrected chi connectivity index (χ3v) is 4.74. The van der Waals surface area contributed by atoms with Crippen LogP contribution in [0, 0.1) is 0 Å². The first-order valence-electron chi connectivity index (χ1n) is 5.81. The molecule has 1 aromatic rings. The Labute approximate surface area is 116 Å². The molecule has 2 rings (SSSR count). The van der Waals surface area contributed by atoms with Crippen molar-refractivity contribution >= 4 is 29.4 Å². The van der Waals surface area contributed by atoms with Crippen molar-refractivity contribution in [2.24, 2.45) is 0 Å². The van der Waals surface area contributed by atoms with Crippen LogP contribution in [0.2, 0.25) is 0 Å². The van der Waals surface area contributed by atoms with Gasteiger partial charge in [-0.15, -0.1) is 11.8 Å². The minimum absolute atomic E-state index is 0.0980. The van der Waals surface area contributed by atoms with E-state index >= 15 is 0 Å². The molecule has 0 N–H and O–H groups in total. The van der Waals surface area contributed by atoms with Crippen LogP contribution in [0.15, 0.2) is 24.3 Å². The summed E-state index contributed by atoms with van der Waals surface area (Å²) >= 11 is 3.44. The van der Waals surface area contributed by atoms with Crippen molar-refractivity contribution in [3.05, 3.63) is 29.8 Å². The van der Waals surface area contributed by atoms with E-state index in [1.165, 1.54) is 0 Å². The predicted octanol–water partition coefficient (Wildman–Crippen LogP) is 2.63. The van der Waals surface area contributed by atoms with Crippen molar-refractivity contribution in [1.29, 1.82) is 0 Å². The van der Waals surface area contributed by atoms with Crippen LogP contribution in [-0.4, -0.2) is 42.2 Å². The molecule has 5 heteroatoms. The Morgan fingerprint density at radius 3 is 3.00 bits per heavy atom. The standard InChI is InChI=1S/C13H17NO2S2/c1-16-11-6-4-3-5-10(11)13-14(7-8-17-2)12(15)9-18-13/h3-6,13H,7-9H2,1-2H3. The van der Waals surface area contributed by atoms with Crippen LogP contribution in [0.4, 0.5) is 0 Å². The first-order valence-corrected chi connectivity index (χ1v) is 8.25. The molecule has 1 aliphatic heterocycles. The Morgan fingerprint density at radius 1 is 1.50 bits per heavy atom. The highest BCUT2D eigenvalue weighted by molar-refractivity contribution is 8.00. The average Bonchev–Trinajstić information content (AvgIpc) is 2.77. The number of benzene rings is 1. The Bertz CT molecular complexity index is 425. The number of ether oxygens (including phenoxy) is 1. The fourth-order valence-corrected chi connectivity index (χ4v) is 3.64. The quantitative estimate of drug-likeness (QED) is 0.831. The Hall–Kier alpha value is -0.810. The van der Waals surface area contributed by atoms with E-state index in [4.69, 9.17) is 4.74 Å². The van der Waals surface area contributed by atoms with Gasteiger partial charge in [-0.2, -0.15) is 11.8 Å². The monoisotopic (exact) mass is 283 g/mol. The number of carbonyl (C=O) groups is 1. The molecule has 1 heterocycles. The first kappa shape index (κ1) is 13.6. The molecule has 0 aromatic heterocycles. The highest BCUT2D eigenvalue weighted by Crippen LogP contribution is 2.42. The molecule has 1 atom stereocenters. The Kier molecular flexibility index (Phi) is 4.83. The molecule has 1 aliphatic rings. The summed E-state index contributed by atoms with van der Waals surface area (Å²) in [7, 11) is 1.67. The van der Waals surface area contributed by atoms with Gasteiger partial charge in [-0.3, -0.25) is 4.79 Å². The molecule has 98 valence electrons. The molecule has 18 heavy (non-hydrogen) atoms. The molecular formula is C13H17NO2S2. The minimum Gasteiger partial charge on any atom is -0.496 e. The lowest BCUT2D eigenvalue weighted by Crippen LogP contribution is -2.30. The zero-order chi connectivity index (χ0) is 13.0. The van der Waals surface area contributed by atoms with Crippen LogP contribution in [0.25, 0.3) is 0 Å². The molecule has 1 amide bonds. The molecule has 1 fully saturated rings. The number of thioether (sulfide) groups is 2. The number of rotatable bonds is 5. The summed E-state index contributed by atoms with van der Waals surface area (Å²) in [6.45, 7) is 0.801. The van der Waals surface area contributed by atoms with Gasteiger partial charge in [0.2, 0.25) is 5.91 Å². The van der Waals surface area contributed by atoms with Crippen molar-refractivity contribution in [2.75, 3.05) is 31.4 Å².